The number of anilines is 2. The molecule has 0 unspecified atom stereocenters. The van der Waals surface area contributed by atoms with Gasteiger partial charge in [0.2, 0.25) is 0 Å². The van der Waals surface area contributed by atoms with Crippen molar-refractivity contribution in [1.29, 1.82) is 0 Å². The molecule has 4 aromatic rings. The van der Waals surface area contributed by atoms with Gasteiger partial charge in [-0.3, -0.25) is 0 Å². The number of ether oxygens (including phenoxy) is 3. The van der Waals surface area contributed by atoms with E-state index in [-0.39, 0.29) is 47.0 Å². The fraction of sp³-hybridized carbons (Fsp3) is 0.444. The van der Waals surface area contributed by atoms with Crippen molar-refractivity contribution in [1.82, 2.24) is 20.2 Å². The molecule has 7 rings (SSSR count). The first-order valence-electron chi connectivity index (χ1n) is 13.4. The molecule has 3 saturated heterocycles. The van der Waals surface area contributed by atoms with Crippen LogP contribution in [0.5, 0.6) is 5.88 Å². The van der Waals surface area contributed by atoms with Crippen molar-refractivity contribution in [2.45, 2.75) is 43.6 Å². The summed E-state index contributed by atoms with van der Waals surface area (Å²) in [4.78, 5) is 24.0. The molecule has 0 radical (unpaired) electrons. The molecule has 220 valence electrons. The number of para-hydroxylation sites is 1. The lowest BCUT2D eigenvalue weighted by atomic mass is 9.90. The zero-order valence-electron chi connectivity index (χ0n) is 22.2. The number of aromatic nitrogens is 4. The van der Waals surface area contributed by atoms with Crippen LogP contribution in [0.15, 0.2) is 34.7 Å². The maximum absolute atomic E-state index is 13.9. The largest absolute Gasteiger partial charge is 0.480 e. The van der Waals surface area contributed by atoms with Crippen LogP contribution in [-0.4, -0.2) is 87.9 Å². The molecule has 1 aromatic carbocycles. The van der Waals surface area contributed by atoms with Gasteiger partial charge >= 0.3 is 5.97 Å². The number of carboxylic acid groups (broad SMARTS) is 1. The van der Waals surface area contributed by atoms with Crippen LogP contribution >= 0.6 is 11.6 Å². The predicted octanol–water partition coefficient (Wildman–Crippen LogP) is 3.86. The van der Waals surface area contributed by atoms with E-state index < -0.39 is 36.0 Å². The lowest BCUT2D eigenvalue weighted by Crippen LogP contribution is -2.68. The summed E-state index contributed by atoms with van der Waals surface area (Å²) in [5, 5.41) is 19.0. The van der Waals surface area contributed by atoms with Gasteiger partial charge in [-0.15, -0.1) is 10.2 Å². The van der Waals surface area contributed by atoms with E-state index in [0.717, 1.165) is 0 Å². The molecule has 0 saturated carbocycles. The van der Waals surface area contributed by atoms with E-state index in [1.807, 2.05) is 6.92 Å². The number of morpholine rings is 1. The molecule has 42 heavy (non-hydrogen) atoms. The van der Waals surface area contributed by atoms with Crippen molar-refractivity contribution in [3.63, 3.8) is 0 Å². The van der Waals surface area contributed by atoms with Gasteiger partial charge in [0.05, 0.1) is 32.4 Å². The number of halogens is 3. The molecule has 3 aliphatic rings. The van der Waals surface area contributed by atoms with E-state index in [1.165, 1.54) is 4.90 Å². The minimum atomic E-state index is -2.98. The summed E-state index contributed by atoms with van der Waals surface area (Å²) in [5.41, 5.74) is 0.847. The third-order valence-electron chi connectivity index (χ3n) is 8.18. The summed E-state index contributed by atoms with van der Waals surface area (Å²) >= 11 is 6.23. The van der Waals surface area contributed by atoms with Gasteiger partial charge in [0.15, 0.2) is 22.4 Å². The monoisotopic (exact) mass is 602 g/mol. The summed E-state index contributed by atoms with van der Waals surface area (Å²) in [6.07, 6.45) is -3.67. The first-order valence-corrected chi connectivity index (χ1v) is 13.8. The maximum atomic E-state index is 13.9. The number of aliphatic carboxylic acids is 1. The van der Waals surface area contributed by atoms with Gasteiger partial charge in [-0.25, -0.2) is 23.5 Å². The molecule has 1 spiro atoms. The SMILES string of the molecule is C[C@@H]1N(c2cc(Cl)nnc2O[C@H]2C[C@@H](C(=O)O)N(c3nc(C(F)F)nc4c3oc3ccccc34)C2)CCOC12COC2. The number of rotatable bonds is 6. The standard InChI is InChI=1S/C27H25ClF2N6O6/c1-13-27(11-39-12-27)40-7-6-35(13)16-9-19(28)33-34-25(16)41-14-8-17(26(37)38)36(10-14)24-21-20(31-23(32-24)22(29)30)15-4-2-3-5-18(15)42-21/h2-5,9,13-14,17,22H,6-8,10-12H2,1H3,(H,37,38)/t13-,14-,17-/m0/s1. The molecule has 6 heterocycles. The van der Waals surface area contributed by atoms with Gasteiger partial charge in [-0.05, 0) is 19.1 Å². The number of hydrogen-bond donors (Lipinski definition) is 1. The zero-order valence-corrected chi connectivity index (χ0v) is 23.0. The van der Waals surface area contributed by atoms with Gasteiger partial charge in [-0.1, -0.05) is 23.7 Å². The highest BCUT2D eigenvalue weighted by atomic mass is 35.5. The smallest absolute Gasteiger partial charge is 0.326 e. The minimum absolute atomic E-state index is 0.00297. The number of fused-ring (bicyclic) bond motifs is 3. The number of alkyl halides is 2. The lowest BCUT2D eigenvalue weighted by Gasteiger charge is -2.53. The van der Waals surface area contributed by atoms with Crippen LogP contribution < -0.4 is 14.5 Å². The first kappa shape index (κ1) is 27.0. The quantitative estimate of drug-likeness (QED) is 0.343. The van der Waals surface area contributed by atoms with Crippen molar-refractivity contribution in [3.05, 3.63) is 41.3 Å². The molecule has 0 amide bonds. The summed E-state index contributed by atoms with van der Waals surface area (Å²) in [5.74, 6) is -1.76. The molecule has 3 aromatic heterocycles. The van der Waals surface area contributed by atoms with Crippen LogP contribution in [0.1, 0.15) is 25.6 Å². The molecule has 3 fully saturated rings. The normalized spacial score (nSPS) is 23.7. The van der Waals surface area contributed by atoms with Crippen molar-refractivity contribution >= 4 is 51.1 Å². The Morgan fingerprint density at radius 1 is 1.21 bits per heavy atom. The third kappa shape index (κ3) is 4.36. The second-order valence-electron chi connectivity index (χ2n) is 10.6. The highest BCUT2D eigenvalue weighted by Gasteiger charge is 2.50. The fourth-order valence-corrected chi connectivity index (χ4v) is 6.08. The fourth-order valence-electron chi connectivity index (χ4n) is 5.93. The Labute approximate surface area is 242 Å². The summed E-state index contributed by atoms with van der Waals surface area (Å²) in [6.45, 7) is 3.94. The Balaban J connectivity index is 1.24. The number of carboxylic acids is 1. The highest BCUT2D eigenvalue weighted by Crippen LogP contribution is 2.41. The highest BCUT2D eigenvalue weighted by molar-refractivity contribution is 6.29. The van der Waals surface area contributed by atoms with Gasteiger partial charge in [-0.2, -0.15) is 0 Å². The Bertz CT molecular complexity index is 1690. The number of benzene rings is 1. The molecular formula is C27H25ClF2N6O6. The minimum Gasteiger partial charge on any atom is -0.480 e. The second-order valence-corrected chi connectivity index (χ2v) is 11.0. The van der Waals surface area contributed by atoms with E-state index in [1.54, 1.807) is 30.3 Å². The number of carbonyl (C=O) groups is 1. The van der Waals surface area contributed by atoms with Crippen molar-refractivity contribution in [3.8, 4) is 5.88 Å². The Morgan fingerprint density at radius 2 is 2.02 bits per heavy atom. The van der Waals surface area contributed by atoms with E-state index in [9.17, 15) is 18.7 Å². The average Bonchev–Trinajstić information content (AvgIpc) is 3.54. The Morgan fingerprint density at radius 3 is 2.76 bits per heavy atom. The van der Waals surface area contributed by atoms with Crippen molar-refractivity contribution in [2.75, 3.05) is 42.7 Å². The van der Waals surface area contributed by atoms with E-state index in [4.69, 9.17) is 30.2 Å². The van der Waals surface area contributed by atoms with Crippen LogP contribution in [0.2, 0.25) is 5.15 Å². The van der Waals surface area contributed by atoms with Crippen LogP contribution in [0, 0.1) is 0 Å². The molecule has 1 N–H and O–H groups in total. The molecule has 3 atom stereocenters. The lowest BCUT2D eigenvalue weighted by molar-refractivity contribution is -0.228. The van der Waals surface area contributed by atoms with Crippen LogP contribution in [0.25, 0.3) is 22.1 Å². The predicted molar refractivity (Wildman–Crippen MR) is 145 cm³/mol. The average molecular weight is 603 g/mol. The maximum Gasteiger partial charge on any atom is 0.326 e. The molecule has 12 nitrogen and oxygen atoms in total. The van der Waals surface area contributed by atoms with Crippen LogP contribution in [-0.2, 0) is 14.3 Å². The summed E-state index contributed by atoms with van der Waals surface area (Å²) < 4.78 is 51.5. The third-order valence-corrected chi connectivity index (χ3v) is 8.36. The number of hydrogen-bond acceptors (Lipinski definition) is 11. The van der Waals surface area contributed by atoms with Crippen molar-refractivity contribution < 1.29 is 37.3 Å². The second kappa shape index (κ2) is 10.1. The Hall–Kier alpha value is -3.88. The summed E-state index contributed by atoms with van der Waals surface area (Å²) in [6, 6.07) is 7.27. The molecule has 0 aliphatic carbocycles. The zero-order chi connectivity index (χ0) is 29.2. The molecule has 3 aliphatic heterocycles. The topological polar surface area (TPSA) is 136 Å². The van der Waals surface area contributed by atoms with Gasteiger partial charge < -0.3 is 33.5 Å². The van der Waals surface area contributed by atoms with E-state index >= 15 is 0 Å². The van der Waals surface area contributed by atoms with Gasteiger partial charge in [0.25, 0.3) is 12.3 Å². The van der Waals surface area contributed by atoms with E-state index in [2.05, 4.69) is 25.1 Å². The van der Waals surface area contributed by atoms with Gasteiger partial charge in [0.1, 0.15) is 34.5 Å². The number of nitrogens with zero attached hydrogens (tertiary/aromatic N) is 6. The van der Waals surface area contributed by atoms with Gasteiger partial charge in [0, 0.05) is 24.4 Å². The number of furan rings is 1. The van der Waals surface area contributed by atoms with Crippen LogP contribution in [0.4, 0.5) is 20.3 Å². The van der Waals surface area contributed by atoms with Crippen molar-refractivity contribution in [2.24, 2.45) is 0 Å². The molecule has 0 bridgehead atoms. The first-order chi connectivity index (χ1) is 20.2. The van der Waals surface area contributed by atoms with Crippen LogP contribution in [0.3, 0.4) is 0 Å². The molecular weight excluding hydrogens is 578 g/mol. The Kier molecular flexibility index (Phi) is 6.51. The molecule has 15 heteroatoms. The summed E-state index contributed by atoms with van der Waals surface area (Å²) in [7, 11) is 0. The van der Waals surface area contributed by atoms with E-state index in [0.29, 0.717) is 43.0 Å².